The van der Waals surface area contributed by atoms with E-state index in [9.17, 15) is 5.11 Å². The molecule has 2 heteroatoms. The van der Waals surface area contributed by atoms with Crippen LogP contribution in [0.25, 0.3) is 0 Å². The Morgan fingerprint density at radius 2 is 2.15 bits per heavy atom. The average molecular weight is 175 g/mol. The van der Waals surface area contributed by atoms with Gasteiger partial charge in [-0.05, 0) is 30.9 Å². The highest BCUT2D eigenvalue weighted by molar-refractivity contribution is 5.43. The zero-order valence-electron chi connectivity index (χ0n) is 7.51. The van der Waals surface area contributed by atoms with Gasteiger partial charge in [0.05, 0.1) is 0 Å². The standard InChI is InChI=1S/C11H13NO/c13-10-3-1-2-8-7-12-11(4-5-11)6-9(8)10/h1-3,12-13H,4-7H2. The minimum absolute atomic E-state index is 0.353. The first-order chi connectivity index (χ1) is 6.29. The van der Waals surface area contributed by atoms with E-state index < -0.39 is 0 Å². The van der Waals surface area contributed by atoms with Gasteiger partial charge in [-0.2, -0.15) is 0 Å². The molecule has 0 saturated heterocycles. The van der Waals surface area contributed by atoms with Gasteiger partial charge in [0.2, 0.25) is 0 Å². The fourth-order valence-corrected chi connectivity index (χ4v) is 2.18. The number of phenols is 1. The molecule has 1 spiro atoms. The molecule has 1 aromatic carbocycles. The van der Waals surface area contributed by atoms with Gasteiger partial charge in [0.1, 0.15) is 5.75 Å². The molecule has 3 rings (SSSR count). The molecular weight excluding hydrogens is 162 g/mol. The van der Waals surface area contributed by atoms with Gasteiger partial charge in [0, 0.05) is 17.6 Å². The molecule has 0 amide bonds. The van der Waals surface area contributed by atoms with E-state index in [-0.39, 0.29) is 0 Å². The SMILES string of the molecule is Oc1cccc2c1CC1(CC1)NC2. The molecule has 2 nitrogen and oxygen atoms in total. The molecule has 68 valence electrons. The van der Waals surface area contributed by atoms with E-state index in [0.717, 1.165) is 13.0 Å². The maximum atomic E-state index is 9.69. The van der Waals surface area contributed by atoms with Crippen LogP contribution >= 0.6 is 0 Å². The molecule has 1 aliphatic carbocycles. The molecule has 1 fully saturated rings. The van der Waals surface area contributed by atoms with E-state index in [1.165, 1.54) is 24.0 Å². The normalized spacial score (nSPS) is 22.8. The first-order valence-electron chi connectivity index (χ1n) is 4.84. The molecule has 0 unspecified atom stereocenters. The maximum absolute atomic E-state index is 9.69. The smallest absolute Gasteiger partial charge is 0.119 e. The van der Waals surface area contributed by atoms with E-state index in [2.05, 4.69) is 11.4 Å². The fraction of sp³-hybridized carbons (Fsp3) is 0.455. The highest BCUT2D eigenvalue weighted by atomic mass is 16.3. The molecular formula is C11H13NO. The first-order valence-corrected chi connectivity index (χ1v) is 4.84. The maximum Gasteiger partial charge on any atom is 0.119 e. The molecule has 0 radical (unpaired) electrons. The van der Waals surface area contributed by atoms with Crippen molar-refractivity contribution >= 4 is 0 Å². The minimum atomic E-state index is 0.353. The Morgan fingerprint density at radius 1 is 1.31 bits per heavy atom. The third kappa shape index (κ3) is 1.05. The second-order valence-electron chi connectivity index (χ2n) is 4.23. The van der Waals surface area contributed by atoms with Crippen LogP contribution < -0.4 is 5.32 Å². The Hall–Kier alpha value is -1.02. The van der Waals surface area contributed by atoms with E-state index in [1.807, 2.05) is 6.07 Å². The van der Waals surface area contributed by atoms with Crippen molar-refractivity contribution in [3.05, 3.63) is 29.3 Å². The predicted molar refractivity (Wildman–Crippen MR) is 50.6 cm³/mol. The number of aromatic hydroxyl groups is 1. The van der Waals surface area contributed by atoms with Gasteiger partial charge >= 0.3 is 0 Å². The summed E-state index contributed by atoms with van der Waals surface area (Å²) in [7, 11) is 0. The lowest BCUT2D eigenvalue weighted by atomic mass is 9.93. The lowest BCUT2D eigenvalue weighted by Crippen LogP contribution is -2.37. The monoisotopic (exact) mass is 175 g/mol. The fourth-order valence-electron chi connectivity index (χ4n) is 2.18. The van der Waals surface area contributed by atoms with Gasteiger partial charge < -0.3 is 10.4 Å². The summed E-state index contributed by atoms with van der Waals surface area (Å²) < 4.78 is 0. The van der Waals surface area contributed by atoms with Crippen molar-refractivity contribution in [3.63, 3.8) is 0 Å². The van der Waals surface area contributed by atoms with Gasteiger partial charge in [0.15, 0.2) is 0 Å². The molecule has 1 aliphatic heterocycles. The Labute approximate surface area is 77.6 Å². The third-order valence-corrected chi connectivity index (χ3v) is 3.27. The summed E-state index contributed by atoms with van der Waals surface area (Å²) in [6, 6.07) is 5.80. The molecule has 2 aliphatic rings. The van der Waals surface area contributed by atoms with Gasteiger partial charge in [-0.25, -0.2) is 0 Å². The quantitative estimate of drug-likeness (QED) is 0.627. The van der Waals surface area contributed by atoms with E-state index in [1.54, 1.807) is 6.07 Å². The van der Waals surface area contributed by atoms with Crippen LogP contribution in [0.15, 0.2) is 18.2 Å². The second-order valence-corrected chi connectivity index (χ2v) is 4.23. The number of benzene rings is 1. The molecule has 2 N–H and O–H groups in total. The molecule has 13 heavy (non-hydrogen) atoms. The van der Waals surface area contributed by atoms with E-state index in [0.29, 0.717) is 11.3 Å². The van der Waals surface area contributed by atoms with Crippen LogP contribution in [0.2, 0.25) is 0 Å². The zero-order chi connectivity index (χ0) is 8.89. The van der Waals surface area contributed by atoms with Crippen LogP contribution in [-0.4, -0.2) is 10.6 Å². The Bertz CT molecular complexity index is 355. The van der Waals surface area contributed by atoms with Gasteiger partial charge in [-0.15, -0.1) is 0 Å². The van der Waals surface area contributed by atoms with Crippen LogP contribution in [0.4, 0.5) is 0 Å². The van der Waals surface area contributed by atoms with Crippen molar-refractivity contribution in [2.24, 2.45) is 0 Å². The van der Waals surface area contributed by atoms with Crippen molar-refractivity contribution in [3.8, 4) is 5.75 Å². The largest absolute Gasteiger partial charge is 0.508 e. The Morgan fingerprint density at radius 3 is 2.92 bits per heavy atom. The zero-order valence-corrected chi connectivity index (χ0v) is 7.51. The van der Waals surface area contributed by atoms with Crippen molar-refractivity contribution < 1.29 is 5.11 Å². The third-order valence-electron chi connectivity index (χ3n) is 3.27. The summed E-state index contributed by atoms with van der Waals surface area (Å²) in [5, 5.41) is 13.2. The number of fused-ring (bicyclic) bond motifs is 1. The number of phenolic OH excluding ortho intramolecular Hbond substituents is 1. The second kappa shape index (κ2) is 2.26. The molecule has 0 bridgehead atoms. The highest BCUT2D eigenvalue weighted by Gasteiger charge is 2.45. The van der Waals surface area contributed by atoms with Crippen LogP contribution in [0, 0.1) is 0 Å². The van der Waals surface area contributed by atoms with E-state index in [4.69, 9.17) is 0 Å². The van der Waals surface area contributed by atoms with Crippen LogP contribution in [-0.2, 0) is 13.0 Å². The summed E-state index contributed by atoms with van der Waals surface area (Å²) in [6.07, 6.45) is 3.54. The summed E-state index contributed by atoms with van der Waals surface area (Å²) in [6.45, 7) is 0.920. The predicted octanol–water partition coefficient (Wildman–Crippen LogP) is 1.57. The van der Waals surface area contributed by atoms with Crippen LogP contribution in [0.5, 0.6) is 5.75 Å². The number of hydrogen-bond acceptors (Lipinski definition) is 2. The van der Waals surface area contributed by atoms with Crippen molar-refractivity contribution in [1.29, 1.82) is 0 Å². The summed E-state index contributed by atoms with van der Waals surface area (Å²) in [4.78, 5) is 0. The van der Waals surface area contributed by atoms with Gasteiger partial charge in [0.25, 0.3) is 0 Å². The Kier molecular flexibility index (Phi) is 1.29. The summed E-state index contributed by atoms with van der Waals surface area (Å²) in [5.41, 5.74) is 2.78. The molecule has 0 atom stereocenters. The van der Waals surface area contributed by atoms with E-state index >= 15 is 0 Å². The van der Waals surface area contributed by atoms with Crippen molar-refractivity contribution in [2.75, 3.05) is 0 Å². The molecule has 1 heterocycles. The molecule has 0 aromatic heterocycles. The Balaban J connectivity index is 2.06. The highest BCUT2D eigenvalue weighted by Crippen LogP contribution is 2.43. The number of hydrogen-bond donors (Lipinski definition) is 2. The van der Waals surface area contributed by atoms with Gasteiger partial charge in [-0.3, -0.25) is 0 Å². The van der Waals surface area contributed by atoms with Crippen molar-refractivity contribution in [1.82, 2.24) is 5.32 Å². The lowest BCUT2D eigenvalue weighted by Gasteiger charge is -2.26. The molecule has 1 aromatic rings. The van der Waals surface area contributed by atoms with Crippen molar-refractivity contribution in [2.45, 2.75) is 31.3 Å². The topological polar surface area (TPSA) is 32.3 Å². The summed E-state index contributed by atoms with van der Waals surface area (Å²) >= 11 is 0. The van der Waals surface area contributed by atoms with Gasteiger partial charge in [-0.1, -0.05) is 12.1 Å². The van der Waals surface area contributed by atoms with Crippen LogP contribution in [0.3, 0.4) is 0 Å². The number of rotatable bonds is 0. The minimum Gasteiger partial charge on any atom is -0.508 e. The first kappa shape index (κ1) is 7.39. The summed E-state index contributed by atoms with van der Waals surface area (Å²) in [5.74, 6) is 0.477. The molecule has 1 saturated carbocycles. The van der Waals surface area contributed by atoms with Crippen LogP contribution in [0.1, 0.15) is 24.0 Å². The lowest BCUT2D eigenvalue weighted by molar-refractivity contribution is 0.425. The number of nitrogens with one attached hydrogen (secondary N) is 1. The average Bonchev–Trinajstić information content (AvgIpc) is 2.88.